The average molecular weight is 222 g/mol. The predicted octanol–water partition coefficient (Wildman–Crippen LogP) is -0.528. The molecule has 6 nitrogen and oxygen atoms in total. The molecule has 1 atom stereocenters. The third kappa shape index (κ3) is 1.78. The summed E-state index contributed by atoms with van der Waals surface area (Å²) in [6, 6.07) is 1.42. The molecule has 86 valence electrons. The van der Waals surface area contributed by atoms with Gasteiger partial charge in [-0.25, -0.2) is 4.98 Å². The molecule has 0 radical (unpaired) electrons. The van der Waals surface area contributed by atoms with Gasteiger partial charge in [-0.15, -0.1) is 0 Å². The largest absolute Gasteiger partial charge is 0.369 e. The first-order valence-electron chi connectivity index (χ1n) is 5.11. The maximum atomic E-state index is 11.3. The highest BCUT2D eigenvalue weighted by Gasteiger charge is 2.39. The van der Waals surface area contributed by atoms with Gasteiger partial charge in [0.1, 0.15) is 5.82 Å². The van der Waals surface area contributed by atoms with Gasteiger partial charge in [0.2, 0.25) is 5.91 Å². The van der Waals surface area contributed by atoms with Crippen LogP contribution < -0.4 is 16.2 Å². The van der Waals surface area contributed by atoms with Crippen molar-refractivity contribution < 1.29 is 4.79 Å². The van der Waals surface area contributed by atoms with Crippen molar-refractivity contribution in [3.63, 3.8) is 0 Å². The standard InChI is InChI=1S/C10H14N4O2/c1-10(9(11)16)2-3-14(5-10)7-4-8(15)13-6-12-7/h4,6H,2-3,5H2,1H3,(H2,11,16)(H,12,13,15). The van der Waals surface area contributed by atoms with Crippen molar-refractivity contribution in [3.8, 4) is 0 Å². The van der Waals surface area contributed by atoms with E-state index < -0.39 is 5.41 Å². The van der Waals surface area contributed by atoms with Crippen molar-refractivity contribution in [1.29, 1.82) is 0 Å². The van der Waals surface area contributed by atoms with Gasteiger partial charge in [0.15, 0.2) is 0 Å². The van der Waals surface area contributed by atoms with Crippen molar-refractivity contribution in [2.45, 2.75) is 13.3 Å². The predicted molar refractivity (Wildman–Crippen MR) is 59.0 cm³/mol. The summed E-state index contributed by atoms with van der Waals surface area (Å²) in [7, 11) is 0. The van der Waals surface area contributed by atoms with E-state index in [1.165, 1.54) is 12.4 Å². The maximum absolute atomic E-state index is 11.3. The molecular weight excluding hydrogens is 208 g/mol. The van der Waals surface area contributed by atoms with Crippen molar-refractivity contribution in [1.82, 2.24) is 9.97 Å². The Morgan fingerprint density at radius 1 is 1.69 bits per heavy atom. The van der Waals surface area contributed by atoms with Crippen LogP contribution in [-0.4, -0.2) is 29.0 Å². The van der Waals surface area contributed by atoms with Crippen LogP contribution >= 0.6 is 0 Å². The lowest BCUT2D eigenvalue weighted by Gasteiger charge is -2.21. The summed E-state index contributed by atoms with van der Waals surface area (Å²) < 4.78 is 0. The summed E-state index contributed by atoms with van der Waals surface area (Å²) in [4.78, 5) is 30.8. The summed E-state index contributed by atoms with van der Waals surface area (Å²) in [5, 5.41) is 0. The highest BCUT2D eigenvalue weighted by atomic mass is 16.1. The van der Waals surface area contributed by atoms with Crippen LogP contribution in [0.15, 0.2) is 17.2 Å². The smallest absolute Gasteiger partial charge is 0.252 e. The van der Waals surface area contributed by atoms with E-state index >= 15 is 0 Å². The zero-order valence-electron chi connectivity index (χ0n) is 9.06. The number of hydrogen-bond acceptors (Lipinski definition) is 4. The van der Waals surface area contributed by atoms with Crippen LogP contribution in [0.2, 0.25) is 0 Å². The number of amides is 1. The molecule has 2 rings (SSSR count). The Morgan fingerprint density at radius 3 is 3.00 bits per heavy atom. The number of carbonyl (C=O) groups excluding carboxylic acids is 1. The molecule has 1 saturated heterocycles. The summed E-state index contributed by atoms with van der Waals surface area (Å²) >= 11 is 0. The molecule has 1 aromatic heterocycles. The minimum atomic E-state index is -0.524. The lowest BCUT2D eigenvalue weighted by atomic mass is 9.89. The van der Waals surface area contributed by atoms with Crippen molar-refractivity contribution in [3.05, 3.63) is 22.7 Å². The Kier molecular flexibility index (Phi) is 2.41. The van der Waals surface area contributed by atoms with Gasteiger partial charge in [-0.2, -0.15) is 0 Å². The van der Waals surface area contributed by atoms with Gasteiger partial charge >= 0.3 is 0 Å². The Bertz CT molecular complexity index is 470. The fourth-order valence-corrected chi connectivity index (χ4v) is 1.89. The SMILES string of the molecule is CC1(C(N)=O)CCN(c2cc(=O)[nH]cn2)C1. The first-order valence-corrected chi connectivity index (χ1v) is 5.11. The van der Waals surface area contributed by atoms with Gasteiger partial charge in [0.05, 0.1) is 11.7 Å². The van der Waals surface area contributed by atoms with E-state index in [1.54, 1.807) is 0 Å². The summed E-state index contributed by atoms with van der Waals surface area (Å²) in [5.74, 6) is 0.286. The normalized spacial score (nSPS) is 24.7. The molecule has 1 aromatic rings. The summed E-state index contributed by atoms with van der Waals surface area (Å²) in [6.45, 7) is 3.04. The van der Waals surface area contributed by atoms with Crippen molar-refractivity contribution in [2.75, 3.05) is 18.0 Å². The molecule has 1 fully saturated rings. The van der Waals surface area contributed by atoms with E-state index in [1.807, 2.05) is 11.8 Å². The number of hydrogen-bond donors (Lipinski definition) is 2. The van der Waals surface area contributed by atoms with Gasteiger partial charge in [-0.05, 0) is 13.3 Å². The number of rotatable bonds is 2. The molecule has 0 aromatic carbocycles. The molecule has 0 saturated carbocycles. The minimum absolute atomic E-state index is 0.197. The van der Waals surface area contributed by atoms with Gasteiger partial charge in [-0.3, -0.25) is 9.59 Å². The molecule has 0 spiro atoms. The zero-order chi connectivity index (χ0) is 11.8. The second kappa shape index (κ2) is 3.62. The van der Waals surface area contributed by atoms with Crippen LogP contribution in [-0.2, 0) is 4.79 Å². The van der Waals surface area contributed by atoms with E-state index in [9.17, 15) is 9.59 Å². The summed E-state index contributed by atoms with van der Waals surface area (Å²) in [6.07, 6.45) is 2.05. The molecule has 0 bridgehead atoms. The molecule has 1 aliphatic rings. The number of H-pyrrole nitrogens is 1. The Balaban J connectivity index is 2.21. The van der Waals surface area contributed by atoms with Gasteiger partial charge in [0.25, 0.3) is 5.56 Å². The Morgan fingerprint density at radius 2 is 2.44 bits per heavy atom. The molecular formula is C10H14N4O2. The average Bonchev–Trinajstić information content (AvgIpc) is 2.62. The van der Waals surface area contributed by atoms with Crippen LogP contribution in [0.5, 0.6) is 0 Å². The number of primary amides is 1. The fraction of sp³-hybridized carbons (Fsp3) is 0.500. The highest BCUT2D eigenvalue weighted by molar-refractivity contribution is 5.81. The molecule has 6 heteroatoms. The van der Waals surface area contributed by atoms with Gasteiger partial charge in [-0.1, -0.05) is 0 Å². The van der Waals surface area contributed by atoms with Gasteiger partial charge < -0.3 is 15.6 Å². The van der Waals surface area contributed by atoms with E-state index in [4.69, 9.17) is 5.73 Å². The quantitative estimate of drug-likeness (QED) is 0.703. The lowest BCUT2D eigenvalue weighted by molar-refractivity contribution is -0.125. The topological polar surface area (TPSA) is 92.1 Å². The Labute approximate surface area is 92.5 Å². The minimum Gasteiger partial charge on any atom is -0.369 e. The molecule has 2 heterocycles. The van der Waals surface area contributed by atoms with Crippen LogP contribution in [0.1, 0.15) is 13.3 Å². The number of aromatic nitrogens is 2. The second-order valence-corrected chi connectivity index (χ2v) is 4.37. The van der Waals surface area contributed by atoms with Crippen LogP contribution in [0.25, 0.3) is 0 Å². The third-order valence-electron chi connectivity index (χ3n) is 3.06. The van der Waals surface area contributed by atoms with Gasteiger partial charge in [0, 0.05) is 19.2 Å². The number of nitrogens with zero attached hydrogens (tertiary/aromatic N) is 2. The molecule has 1 amide bonds. The second-order valence-electron chi connectivity index (χ2n) is 4.37. The van der Waals surface area contributed by atoms with Crippen molar-refractivity contribution in [2.24, 2.45) is 11.1 Å². The van der Waals surface area contributed by atoms with E-state index in [0.717, 1.165) is 0 Å². The fourth-order valence-electron chi connectivity index (χ4n) is 1.89. The highest BCUT2D eigenvalue weighted by Crippen LogP contribution is 2.31. The number of aromatic amines is 1. The molecule has 1 aliphatic heterocycles. The first-order chi connectivity index (χ1) is 7.51. The molecule has 1 unspecified atom stereocenters. The van der Waals surface area contributed by atoms with Crippen LogP contribution in [0.4, 0.5) is 5.82 Å². The number of anilines is 1. The van der Waals surface area contributed by atoms with E-state index in [0.29, 0.717) is 25.3 Å². The molecule has 16 heavy (non-hydrogen) atoms. The first kappa shape index (κ1) is 10.7. The van der Waals surface area contributed by atoms with Crippen LogP contribution in [0.3, 0.4) is 0 Å². The monoisotopic (exact) mass is 222 g/mol. The number of carbonyl (C=O) groups is 1. The number of nitrogens with two attached hydrogens (primary N) is 1. The molecule has 0 aliphatic carbocycles. The zero-order valence-corrected chi connectivity index (χ0v) is 9.06. The van der Waals surface area contributed by atoms with Crippen LogP contribution in [0, 0.1) is 5.41 Å². The van der Waals surface area contributed by atoms with E-state index in [-0.39, 0.29) is 11.5 Å². The van der Waals surface area contributed by atoms with Crippen molar-refractivity contribution >= 4 is 11.7 Å². The number of nitrogens with one attached hydrogen (secondary N) is 1. The molecule has 3 N–H and O–H groups in total. The third-order valence-corrected chi connectivity index (χ3v) is 3.06. The van der Waals surface area contributed by atoms with E-state index in [2.05, 4.69) is 9.97 Å². The Hall–Kier alpha value is -1.85. The lowest BCUT2D eigenvalue weighted by Crippen LogP contribution is -2.37. The summed E-state index contributed by atoms with van der Waals surface area (Å²) in [5.41, 5.74) is 4.63. The maximum Gasteiger partial charge on any atom is 0.252 e.